The quantitative estimate of drug-likeness (QED) is 0.418. The average Bonchev–Trinajstić information content (AvgIpc) is 3.35. The second-order valence-electron chi connectivity index (χ2n) is 10.2. The second kappa shape index (κ2) is 8.15. The van der Waals surface area contributed by atoms with Gasteiger partial charge in [-0.1, -0.05) is 92.4 Å². The number of benzene rings is 3. The molecule has 170 valence electrons. The summed E-state index contributed by atoms with van der Waals surface area (Å²) in [6, 6.07) is 25.3. The van der Waals surface area contributed by atoms with Crippen molar-refractivity contribution in [3.05, 3.63) is 95.2 Å². The maximum absolute atomic E-state index is 13.5. The molecular formula is C28H32N2O2Si. The highest BCUT2D eigenvalue weighted by molar-refractivity contribution is 6.83. The van der Waals surface area contributed by atoms with Crippen LogP contribution in [0, 0.1) is 0 Å². The van der Waals surface area contributed by atoms with Crippen LogP contribution in [0.15, 0.2) is 84.1 Å². The molecule has 0 spiro atoms. The van der Waals surface area contributed by atoms with Crippen molar-refractivity contribution in [3.8, 4) is 0 Å². The molecule has 2 heterocycles. The number of nitrogens with zero attached hydrogens (tertiary/aromatic N) is 2. The summed E-state index contributed by atoms with van der Waals surface area (Å²) in [5.41, 5.74) is 2.33. The van der Waals surface area contributed by atoms with Crippen molar-refractivity contribution in [3.63, 3.8) is 0 Å². The SMILES string of the molecule is C[C@H]1[C@@H](c2ccccc2)N([C@H]2C=C([Si](C)(C)C)[C@H](c3cccc4ccccc34)O2)C(=O)N1C. The van der Waals surface area contributed by atoms with E-state index in [2.05, 4.69) is 87.2 Å². The molecule has 5 rings (SSSR count). The minimum absolute atomic E-state index is 0.0195. The summed E-state index contributed by atoms with van der Waals surface area (Å²) in [6.45, 7) is 9.20. The fourth-order valence-electron chi connectivity index (χ4n) is 5.28. The smallest absolute Gasteiger partial charge is 0.322 e. The van der Waals surface area contributed by atoms with E-state index in [1.807, 2.05) is 35.0 Å². The van der Waals surface area contributed by atoms with Gasteiger partial charge in [0.25, 0.3) is 0 Å². The number of hydrogen-bond donors (Lipinski definition) is 0. The van der Waals surface area contributed by atoms with Crippen molar-refractivity contribution < 1.29 is 9.53 Å². The summed E-state index contributed by atoms with van der Waals surface area (Å²) in [4.78, 5) is 17.2. The molecule has 5 heteroatoms. The Kier molecular flexibility index (Phi) is 5.42. The molecule has 2 aliphatic heterocycles. The first kappa shape index (κ1) is 21.9. The lowest BCUT2D eigenvalue weighted by atomic mass is 10.00. The van der Waals surface area contributed by atoms with Gasteiger partial charge in [-0.3, -0.25) is 4.90 Å². The molecule has 0 unspecified atom stereocenters. The minimum atomic E-state index is -1.72. The largest absolute Gasteiger partial charge is 0.343 e. The van der Waals surface area contributed by atoms with E-state index in [0.29, 0.717) is 0 Å². The first-order chi connectivity index (χ1) is 15.8. The van der Waals surface area contributed by atoms with Gasteiger partial charge in [-0.15, -0.1) is 0 Å². The van der Waals surface area contributed by atoms with E-state index in [4.69, 9.17) is 4.74 Å². The molecule has 2 aliphatic rings. The molecule has 3 aromatic rings. The number of carbonyl (C=O) groups excluding carboxylic acids is 1. The third-order valence-corrected chi connectivity index (χ3v) is 9.32. The van der Waals surface area contributed by atoms with E-state index in [0.717, 1.165) is 5.56 Å². The minimum Gasteiger partial charge on any atom is -0.343 e. The van der Waals surface area contributed by atoms with Gasteiger partial charge in [0.15, 0.2) is 6.23 Å². The Hall–Kier alpha value is -2.89. The molecule has 33 heavy (non-hydrogen) atoms. The molecule has 4 atom stereocenters. The molecule has 0 radical (unpaired) electrons. The Morgan fingerprint density at radius 3 is 2.27 bits per heavy atom. The van der Waals surface area contributed by atoms with Crippen LogP contribution < -0.4 is 0 Å². The van der Waals surface area contributed by atoms with Crippen molar-refractivity contribution in [2.75, 3.05) is 7.05 Å². The van der Waals surface area contributed by atoms with Gasteiger partial charge in [-0.05, 0) is 40.1 Å². The normalized spacial score (nSPS) is 25.7. The van der Waals surface area contributed by atoms with E-state index in [9.17, 15) is 4.79 Å². The van der Waals surface area contributed by atoms with E-state index < -0.39 is 8.07 Å². The van der Waals surface area contributed by atoms with Gasteiger partial charge in [0.2, 0.25) is 0 Å². The summed E-state index contributed by atoms with van der Waals surface area (Å²) in [7, 11) is 0.169. The summed E-state index contributed by atoms with van der Waals surface area (Å²) in [5.74, 6) is 0. The maximum Gasteiger partial charge on any atom is 0.322 e. The lowest BCUT2D eigenvalue weighted by molar-refractivity contribution is -0.0297. The Labute approximate surface area is 197 Å². The Balaban J connectivity index is 1.59. The first-order valence-electron chi connectivity index (χ1n) is 11.7. The standard InChI is InChI=1S/C28H32N2O2Si/c1-19-26(21-13-7-6-8-14-21)30(28(31)29(19)2)25-18-24(33(3,4)5)27(32-25)23-17-11-15-20-12-9-10-16-22(20)23/h6-19,25-27H,1-5H3/t19-,25+,26-,27-/m0/s1. The number of carbonyl (C=O) groups is 1. The van der Waals surface area contributed by atoms with Crippen LogP contribution in [-0.4, -0.2) is 43.2 Å². The van der Waals surface area contributed by atoms with Crippen molar-refractivity contribution in [1.82, 2.24) is 9.80 Å². The summed E-state index contributed by atoms with van der Waals surface area (Å²) >= 11 is 0. The van der Waals surface area contributed by atoms with Crippen LogP contribution in [0.25, 0.3) is 10.8 Å². The monoisotopic (exact) mass is 456 g/mol. The van der Waals surface area contributed by atoms with Crippen LogP contribution in [0.5, 0.6) is 0 Å². The van der Waals surface area contributed by atoms with E-state index in [1.165, 1.54) is 21.5 Å². The Bertz CT molecular complexity index is 1210. The number of amides is 2. The number of rotatable bonds is 4. The zero-order chi connectivity index (χ0) is 23.3. The number of fused-ring (bicyclic) bond motifs is 1. The van der Waals surface area contributed by atoms with E-state index in [-0.39, 0.29) is 30.4 Å². The fraction of sp³-hybridized carbons (Fsp3) is 0.321. The molecule has 0 N–H and O–H groups in total. The number of ether oxygens (including phenoxy) is 1. The van der Waals surface area contributed by atoms with Gasteiger partial charge < -0.3 is 9.64 Å². The topological polar surface area (TPSA) is 32.8 Å². The number of hydrogen-bond acceptors (Lipinski definition) is 2. The second-order valence-corrected chi connectivity index (χ2v) is 15.3. The molecule has 0 bridgehead atoms. The molecule has 1 saturated heterocycles. The van der Waals surface area contributed by atoms with Crippen molar-refractivity contribution in [2.24, 2.45) is 0 Å². The highest BCUT2D eigenvalue weighted by atomic mass is 28.3. The van der Waals surface area contributed by atoms with Crippen molar-refractivity contribution in [2.45, 2.75) is 51.0 Å². The Morgan fingerprint density at radius 1 is 0.879 bits per heavy atom. The predicted octanol–water partition coefficient (Wildman–Crippen LogP) is 6.54. The molecule has 2 amide bonds. The van der Waals surface area contributed by atoms with Crippen LogP contribution in [0.3, 0.4) is 0 Å². The summed E-state index contributed by atoms with van der Waals surface area (Å²) < 4.78 is 6.82. The van der Waals surface area contributed by atoms with Gasteiger partial charge in [0.1, 0.15) is 6.10 Å². The lowest BCUT2D eigenvalue weighted by Gasteiger charge is -2.31. The molecule has 1 fully saturated rings. The first-order valence-corrected chi connectivity index (χ1v) is 15.2. The van der Waals surface area contributed by atoms with Crippen LogP contribution in [0.4, 0.5) is 4.79 Å². The van der Waals surface area contributed by atoms with Crippen LogP contribution in [0.2, 0.25) is 19.6 Å². The number of urea groups is 1. The Morgan fingerprint density at radius 2 is 1.55 bits per heavy atom. The molecule has 4 nitrogen and oxygen atoms in total. The van der Waals surface area contributed by atoms with Crippen molar-refractivity contribution in [1.29, 1.82) is 0 Å². The molecule has 0 aromatic heterocycles. The fourth-order valence-corrected chi connectivity index (χ4v) is 6.93. The van der Waals surface area contributed by atoms with Gasteiger partial charge in [0, 0.05) is 7.05 Å². The lowest BCUT2D eigenvalue weighted by Crippen LogP contribution is -2.39. The molecule has 0 saturated carbocycles. The van der Waals surface area contributed by atoms with Crippen LogP contribution in [0.1, 0.15) is 30.2 Å². The van der Waals surface area contributed by atoms with Crippen LogP contribution in [-0.2, 0) is 4.74 Å². The van der Waals surface area contributed by atoms with E-state index in [1.54, 1.807) is 0 Å². The molecule has 3 aromatic carbocycles. The molecular weight excluding hydrogens is 424 g/mol. The van der Waals surface area contributed by atoms with Gasteiger partial charge in [-0.2, -0.15) is 0 Å². The summed E-state index contributed by atoms with van der Waals surface area (Å²) in [5, 5.41) is 3.78. The maximum atomic E-state index is 13.5. The average molecular weight is 457 g/mol. The summed E-state index contributed by atoms with van der Waals surface area (Å²) in [6.07, 6.45) is 1.72. The van der Waals surface area contributed by atoms with E-state index >= 15 is 0 Å². The third-order valence-electron chi connectivity index (χ3n) is 7.16. The molecule has 0 aliphatic carbocycles. The predicted molar refractivity (Wildman–Crippen MR) is 137 cm³/mol. The number of likely N-dealkylation sites (N-methyl/N-ethyl adjacent to an activating group) is 1. The van der Waals surface area contributed by atoms with Crippen molar-refractivity contribution >= 4 is 24.9 Å². The zero-order valence-electron chi connectivity index (χ0n) is 20.0. The highest BCUT2D eigenvalue weighted by Gasteiger charge is 2.49. The zero-order valence-corrected chi connectivity index (χ0v) is 21.0. The van der Waals surface area contributed by atoms with Crippen LogP contribution >= 0.6 is 0 Å². The third kappa shape index (κ3) is 3.69. The van der Waals surface area contributed by atoms with Gasteiger partial charge in [0.05, 0.1) is 20.2 Å². The van der Waals surface area contributed by atoms with Gasteiger partial charge in [-0.25, -0.2) is 4.79 Å². The van der Waals surface area contributed by atoms with Gasteiger partial charge >= 0.3 is 6.03 Å². The highest BCUT2D eigenvalue weighted by Crippen LogP contribution is 2.45.